The Morgan fingerprint density at radius 1 is 1.09 bits per heavy atom. The first-order valence-corrected chi connectivity index (χ1v) is 11.2. The fourth-order valence-corrected chi connectivity index (χ4v) is 3.41. The number of hydrogen-bond donors (Lipinski definition) is 1. The van der Waals surface area contributed by atoms with Crippen LogP contribution in [0.25, 0.3) is 0 Å². The van der Waals surface area contributed by atoms with Gasteiger partial charge < -0.3 is 15.0 Å². The van der Waals surface area contributed by atoms with Crippen LogP contribution < -0.4 is 10.1 Å². The smallest absolute Gasteiger partial charge is 0.194 e. The van der Waals surface area contributed by atoms with Crippen LogP contribution in [0.2, 0.25) is 0 Å². The summed E-state index contributed by atoms with van der Waals surface area (Å²) in [6.45, 7) is 4.95. The van der Waals surface area contributed by atoms with Gasteiger partial charge in [0.2, 0.25) is 0 Å². The predicted molar refractivity (Wildman–Crippen MR) is 129 cm³/mol. The van der Waals surface area contributed by atoms with E-state index in [1.54, 1.807) is 11.0 Å². The minimum atomic E-state index is 0.647. The third-order valence-electron chi connectivity index (χ3n) is 5.16. The van der Waals surface area contributed by atoms with Crippen molar-refractivity contribution in [2.75, 3.05) is 26.7 Å². The summed E-state index contributed by atoms with van der Waals surface area (Å²) in [6.07, 6.45) is 4.46. The van der Waals surface area contributed by atoms with E-state index in [1.807, 2.05) is 26.2 Å². The molecule has 170 valence electrons. The SMILES string of the molecule is CCNC(=NCCc1cccc(OCCCc2ccccc2)c1)N(C)Cc1ncnn1C. The Labute approximate surface area is 191 Å². The monoisotopic (exact) mass is 434 g/mol. The highest BCUT2D eigenvalue weighted by Crippen LogP contribution is 2.15. The van der Waals surface area contributed by atoms with E-state index in [9.17, 15) is 0 Å². The molecule has 0 amide bonds. The van der Waals surface area contributed by atoms with E-state index in [0.29, 0.717) is 19.7 Å². The zero-order valence-electron chi connectivity index (χ0n) is 19.4. The van der Waals surface area contributed by atoms with Crippen molar-refractivity contribution < 1.29 is 4.74 Å². The fourth-order valence-electron chi connectivity index (χ4n) is 3.41. The molecular formula is C25H34N6O. The molecule has 1 heterocycles. The van der Waals surface area contributed by atoms with Crippen LogP contribution in [-0.2, 0) is 26.4 Å². The van der Waals surface area contributed by atoms with Crippen molar-refractivity contribution >= 4 is 5.96 Å². The van der Waals surface area contributed by atoms with Gasteiger partial charge in [-0.05, 0) is 49.4 Å². The topological polar surface area (TPSA) is 67.6 Å². The molecule has 0 saturated carbocycles. The third-order valence-corrected chi connectivity index (χ3v) is 5.16. The maximum Gasteiger partial charge on any atom is 0.194 e. The zero-order chi connectivity index (χ0) is 22.6. The molecule has 0 spiro atoms. The second-order valence-electron chi connectivity index (χ2n) is 7.73. The molecule has 0 aliphatic heterocycles. The lowest BCUT2D eigenvalue weighted by Gasteiger charge is -2.21. The maximum absolute atomic E-state index is 5.97. The van der Waals surface area contributed by atoms with Gasteiger partial charge in [-0.3, -0.25) is 9.67 Å². The van der Waals surface area contributed by atoms with Gasteiger partial charge in [0.25, 0.3) is 0 Å². The number of hydrogen-bond acceptors (Lipinski definition) is 4. The van der Waals surface area contributed by atoms with Crippen LogP contribution in [0.5, 0.6) is 5.75 Å². The molecule has 3 aromatic rings. The number of rotatable bonds is 11. The Balaban J connectivity index is 1.48. The summed E-state index contributed by atoms with van der Waals surface area (Å²) in [5, 5.41) is 7.49. The molecule has 0 radical (unpaired) electrons. The minimum absolute atomic E-state index is 0.647. The molecular weight excluding hydrogens is 400 g/mol. The first kappa shape index (κ1) is 23.3. The van der Waals surface area contributed by atoms with Crippen LogP contribution in [0.1, 0.15) is 30.3 Å². The number of ether oxygens (including phenoxy) is 1. The van der Waals surface area contributed by atoms with Crippen molar-refractivity contribution in [3.8, 4) is 5.75 Å². The van der Waals surface area contributed by atoms with E-state index in [4.69, 9.17) is 9.73 Å². The molecule has 0 atom stereocenters. The van der Waals surface area contributed by atoms with Gasteiger partial charge in [-0.25, -0.2) is 4.98 Å². The molecule has 2 aromatic carbocycles. The third kappa shape index (κ3) is 7.41. The molecule has 1 N–H and O–H groups in total. The normalized spacial score (nSPS) is 11.4. The summed E-state index contributed by atoms with van der Waals surface area (Å²) in [4.78, 5) is 11.2. The second kappa shape index (κ2) is 12.5. The Bertz CT molecular complexity index is 969. The van der Waals surface area contributed by atoms with Crippen LogP contribution in [0, 0.1) is 0 Å². The highest BCUT2D eigenvalue weighted by Gasteiger charge is 2.09. The number of benzene rings is 2. The number of nitrogens with zero attached hydrogens (tertiary/aromatic N) is 5. The van der Waals surface area contributed by atoms with Gasteiger partial charge in [0.05, 0.1) is 13.2 Å². The van der Waals surface area contributed by atoms with Crippen molar-refractivity contribution in [3.63, 3.8) is 0 Å². The summed E-state index contributed by atoms with van der Waals surface area (Å²) in [5.41, 5.74) is 2.57. The first-order chi connectivity index (χ1) is 15.7. The highest BCUT2D eigenvalue weighted by atomic mass is 16.5. The van der Waals surface area contributed by atoms with Crippen molar-refractivity contribution in [1.82, 2.24) is 25.0 Å². The van der Waals surface area contributed by atoms with E-state index in [2.05, 4.69) is 69.7 Å². The van der Waals surface area contributed by atoms with Crippen LogP contribution in [-0.4, -0.2) is 52.4 Å². The van der Waals surface area contributed by atoms with Gasteiger partial charge >= 0.3 is 0 Å². The molecule has 0 fully saturated rings. The number of aromatic nitrogens is 3. The highest BCUT2D eigenvalue weighted by molar-refractivity contribution is 5.79. The van der Waals surface area contributed by atoms with Crippen LogP contribution in [0.4, 0.5) is 0 Å². The molecule has 1 aromatic heterocycles. The lowest BCUT2D eigenvalue weighted by atomic mass is 10.1. The van der Waals surface area contributed by atoms with Gasteiger partial charge in [-0.1, -0.05) is 42.5 Å². The Morgan fingerprint density at radius 3 is 2.66 bits per heavy atom. The molecule has 0 unspecified atom stereocenters. The standard InChI is InChI=1S/C25H34N6O/c1-4-26-25(30(2)19-24-28-20-29-31(24)3)27-16-15-22-12-8-14-23(18-22)32-17-9-13-21-10-6-5-7-11-21/h5-8,10-12,14,18,20H,4,9,13,15-17,19H2,1-3H3,(H,26,27). The molecule has 0 aliphatic rings. The lowest BCUT2D eigenvalue weighted by molar-refractivity contribution is 0.310. The number of aryl methyl sites for hydroxylation is 2. The largest absolute Gasteiger partial charge is 0.494 e. The van der Waals surface area contributed by atoms with Crippen molar-refractivity contribution in [3.05, 3.63) is 77.9 Å². The minimum Gasteiger partial charge on any atom is -0.494 e. The van der Waals surface area contributed by atoms with E-state index in [1.165, 1.54) is 11.1 Å². The maximum atomic E-state index is 5.97. The summed E-state index contributed by atoms with van der Waals surface area (Å²) in [7, 11) is 3.91. The number of guanidine groups is 1. The molecule has 7 nitrogen and oxygen atoms in total. The molecule has 0 bridgehead atoms. The van der Waals surface area contributed by atoms with E-state index in [-0.39, 0.29) is 0 Å². The molecule has 0 aliphatic carbocycles. The van der Waals surface area contributed by atoms with Crippen molar-refractivity contribution in [1.29, 1.82) is 0 Å². The molecule has 3 rings (SSSR count). The summed E-state index contributed by atoms with van der Waals surface area (Å²) >= 11 is 0. The quantitative estimate of drug-likeness (QED) is 0.284. The van der Waals surface area contributed by atoms with E-state index >= 15 is 0 Å². The van der Waals surface area contributed by atoms with Gasteiger partial charge in [0.1, 0.15) is 17.9 Å². The lowest BCUT2D eigenvalue weighted by Crippen LogP contribution is -2.39. The van der Waals surface area contributed by atoms with Crippen molar-refractivity contribution in [2.24, 2.45) is 12.0 Å². The van der Waals surface area contributed by atoms with Gasteiger partial charge in [0, 0.05) is 27.2 Å². The van der Waals surface area contributed by atoms with E-state index < -0.39 is 0 Å². The number of aliphatic imine (C=N–C) groups is 1. The second-order valence-corrected chi connectivity index (χ2v) is 7.73. The Hall–Kier alpha value is -3.35. The fraction of sp³-hybridized carbons (Fsp3) is 0.400. The van der Waals surface area contributed by atoms with Gasteiger partial charge in [-0.2, -0.15) is 5.10 Å². The summed E-state index contributed by atoms with van der Waals surface area (Å²) in [5.74, 6) is 2.69. The van der Waals surface area contributed by atoms with E-state index in [0.717, 1.165) is 43.3 Å². The Kier molecular flexibility index (Phi) is 9.10. The molecule has 7 heteroatoms. The Morgan fingerprint density at radius 2 is 1.91 bits per heavy atom. The van der Waals surface area contributed by atoms with Crippen molar-refractivity contribution in [2.45, 2.75) is 32.7 Å². The molecule has 0 saturated heterocycles. The van der Waals surface area contributed by atoms with Gasteiger partial charge in [-0.15, -0.1) is 0 Å². The van der Waals surface area contributed by atoms with Gasteiger partial charge in [0.15, 0.2) is 5.96 Å². The molecule has 32 heavy (non-hydrogen) atoms. The average Bonchev–Trinajstić information content (AvgIpc) is 3.21. The first-order valence-electron chi connectivity index (χ1n) is 11.2. The average molecular weight is 435 g/mol. The zero-order valence-corrected chi connectivity index (χ0v) is 19.4. The summed E-state index contributed by atoms with van der Waals surface area (Å²) in [6, 6.07) is 18.9. The number of nitrogens with one attached hydrogen (secondary N) is 1. The predicted octanol–water partition coefficient (Wildman–Crippen LogP) is 3.47. The summed E-state index contributed by atoms with van der Waals surface area (Å²) < 4.78 is 7.75. The van der Waals surface area contributed by atoms with Crippen LogP contribution in [0.15, 0.2) is 65.9 Å². The van der Waals surface area contributed by atoms with Crippen LogP contribution in [0.3, 0.4) is 0 Å². The van der Waals surface area contributed by atoms with Crippen LogP contribution >= 0.6 is 0 Å².